The monoisotopic (exact) mass is 765 g/mol. The van der Waals surface area contributed by atoms with Crippen LogP contribution >= 0.6 is 0 Å². The topological polar surface area (TPSA) is 136 Å². The standard InChI is InChI=1S/C23H22F3N3O3.C20H20N2O2/c1-13-4-3-9-29(13)14-5-7-20(18(10-14)23(24,25)26)28-22(31)17-12-27-19-8-6-15(32-2)11-16(19)21(17)30;1-20(2,3)13-7-6-8-14(11-13)22-19(24)16-12-21-17-10-5-4-9-15(17)18(16)23/h5-8,10-13H,3-4,9H2,1-2H3,(H,27,30)(H,28,31);4-12H,1-3H3,(H,21,23)(H,22,24)/t13-;/m0./s1. The number of aromatic amines is 2. The van der Waals surface area contributed by atoms with E-state index in [1.54, 1.807) is 30.3 Å². The summed E-state index contributed by atoms with van der Waals surface area (Å²) in [6.45, 7) is 8.99. The second kappa shape index (κ2) is 15.8. The number of carbonyl (C=O) groups is 2. The molecule has 1 saturated heterocycles. The number of para-hydroxylation sites is 1. The van der Waals surface area contributed by atoms with Crippen LogP contribution in [-0.4, -0.2) is 41.5 Å². The van der Waals surface area contributed by atoms with Gasteiger partial charge in [-0.15, -0.1) is 0 Å². The highest BCUT2D eigenvalue weighted by Gasteiger charge is 2.35. The van der Waals surface area contributed by atoms with Crippen LogP contribution in [0.5, 0.6) is 5.75 Å². The number of hydrogen-bond acceptors (Lipinski definition) is 6. The van der Waals surface area contributed by atoms with Gasteiger partial charge in [0, 0.05) is 58.2 Å². The predicted molar refractivity (Wildman–Crippen MR) is 214 cm³/mol. The van der Waals surface area contributed by atoms with E-state index in [1.165, 1.54) is 31.6 Å². The largest absolute Gasteiger partial charge is 0.497 e. The fourth-order valence-electron chi connectivity index (χ4n) is 6.65. The van der Waals surface area contributed by atoms with Gasteiger partial charge in [-0.2, -0.15) is 13.2 Å². The number of ether oxygens (including phenoxy) is 1. The smallest absolute Gasteiger partial charge is 0.418 e. The van der Waals surface area contributed by atoms with E-state index in [-0.39, 0.29) is 33.4 Å². The lowest BCUT2D eigenvalue weighted by atomic mass is 9.87. The van der Waals surface area contributed by atoms with E-state index < -0.39 is 34.7 Å². The summed E-state index contributed by atoms with van der Waals surface area (Å²) < 4.78 is 46.5. The van der Waals surface area contributed by atoms with Crippen molar-refractivity contribution in [1.29, 1.82) is 0 Å². The van der Waals surface area contributed by atoms with Gasteiger partial charge in [0.25, 0.3) is 11.8 Å². The minimum atomic E-state index is -4.68. The summed E-state index contributed by atoms with van der Waals surface area (Å²) in [6.07, 6.45) is -0.190. The lowest BCUT2D eigenvalue weighted by Gasteiger charge is -2.25. The molecule has 3 heterocycles. The summed E-state index contributed by atoms with van der Waals surface area (Å²) in [5, 5.41) is 5.79. The quantitative estimate of drug-likeness (QED) is 0.134. The predicted octanol–water partition coefficient (Wildman–Crippen LogP) is 8.87. The Morgan fingerprint density at radius 2 is 1.45 bits per heavy atom. The molecular formula is C43H42F3N5O5. The molecule has 2 aromatic heterocycles. The Labute approximate surface area is 320 Å². The fourth-order valence-corrected chi connectivity index (χ4v) is 6.65. The summed E-state index contributed by atoms with van der Waals surface area (Å²) in [5.41, 5.74) is 1.02. The van der Waals surface area contributed by atoms with Crippen LogP contribution in [0.1, 0.15) is 72.4 Å². The molecule has 7 rings (SSSR count). The third-order valence-electron chi connectivity index (χ3n) is 9.79. The first-order chi connectivity index (χ1) is 26.5. The number of H-pyrrole nitrogens is 2. The van der Waals surface area contributed by atoms with Crippen LogP contribution in [0, 0.1) is 0 Å². The van der Waals surface area contributed by atoms with Crippen molar-refractivity contribution in [3.05, 3.63) is 140 Å². The molecular weight excluding hydrogens is 723 g/mol. The number of methoxy groups -OCH3 is 1. The van der Waals surface area contributed by atoms with Crippen molar-refractivity contribution in [2.24, 2.45) is 0 Å². The number of anilines is 3. The normalized spacial score (nSPS) is 14.3. The molecule has 1 atom stereocenters. The number of aromatic nitrogens is 2. The van der Waals surface area contributed by atoms with Crippen molar-refractivity contribution in [2.75, 3.05) is 29.2 Å². The van der Waals surface area contributed by atoms with Gasteiger partial charge in [-0.05, 0) is 91.4 Å². The molecule has 1 aliphatic rings. The van der Waals surface area contributed by atoms with Crippen LogP contribution in [0.4, 0.5) is 30.2 Å². The highest BCUT2D eigenvalue weighted by Crippen LogP contribution is 2.39. The summed E-state index contributed by atoms with van der Waals surface area (Å²) in [7, 11) is 1.44. The molecule has 10 nitrogen and oxygen atoms in total. The number of carbonyl (C=O) groups excluding carboxylic acids is 2. The summed E-state index contributed by atoms with van der Waals surface area (Å²) in [5.74, 6) is -0.913. The first-order valence-corrected chi connectivity index (χ1v) is 18.1. The molecule has 0 bridgehead atoms. The van der Waals surface area contributed by atoms with Crippen molar-refractivity contribution in [3.63, 3.8) is 0 Å². The summed E-state index contributed by atoms with van der Waals surface area (Å²) >= 11 is 0. The number of fused-ring (bicyclic) bond motifs is 2. The number of rotatable bonds is 6. The van der Waals surface area contributed by atoms with Gasteiger partial charge < -0.3 is 30.2 Å². The highest BCUT2D eigenvalue weighted by atomic mass is 19.4. The second-order valence-corrected chi connectivity index (χ2v) is 14.7. The number of hydrogen-bond donors (Lipinski definition) is 4. The van der Waals surface area contributed by atoms with Gasteiger partial charge in [0.2, 0.25) is 10.9 Å². The number of pyridine rings is 2. The molecule has 0 spiro atoms. The lowest BCUT2D eigenvalue weighted by Crippen LogP contribution is -2.27. The third-order valence-corrected chi connectivity index (χ3v) is 9.79. The van der Waals surface area contributed by atoms with E-state index in [0.29, 0.717) is 40.1 Å². The molecule has 1 fully saturated rings. The van der Waals surface area contributed by atoms with Gasteiger partial charge in [0.05, 0.1) is 18.4 Å². The maximum absolute atomic E-state index is 13.8. The van der Waals surface area contributed by atoms with Gasteiger partial charge in [-0.3, -0.25) is 19.2 Å². The molecule has 56 heavy (non-hydrogen) atoms. The Hall–Kier alpha value is -6.37. The van der Waals surface area contributed by atoms with Crippen molar-refractivity contribution < 1.29 is 27.5 Å². The Morgan fingerprint density at radius 1 is 0.786 bits per heavy atom. The number of benzene rings is 4. The number of amides is 2. The zero-order chi connectivity index (χ0) is 40.4. The number of alkyl halides is 3. The first kappa shape index (κ1) is 39.3. The average Bonchev–Trinajstić information content (AvgIpc) is 3.60. The van der Waals surface area contributed by atoms with E-state index in [4.69, 9.17) is 4.74 Å². The van der Waals surface area contributed by atoms with Crippen LogP contribution in [0.15, 0.2) is 107 Å². The maximum Gasteiger partial charge on any atom is 0.418 e. The fraction of sp³-hybridized carbons (Fsp3) is 0.256. The van der Waals surface area contributed by atoms with Crippen molar-refractivity contribution in [1.82, 2.24) is 9.97 Å². The summed E-state index contributed by atoms with van der Waals surface area (Å²) in [6, 6.07) is 23.6. The van der Waals surface area contributed by atoms with Crippen LogP contribution in [-0.2, 0) is 11.6 Å². The van der Waals surface area contributed by atoms with Gasteiger partial charge >= 0.3 is 6.18 Å². The molecule has 1 aliphatic heterocycles. The minimum Gasteiger partial charge on any atom is -0.497 e. The molecule has 6 aromatic rings. The number of nitrogens with one attached hydrogen (secondary N) is 4. The SMILES string of the molecule is CC(C)(C)c1cccc(NC(=O)c2c[nH]c3ccccc3c2=O)c1.COc1ccc2[nH]cc(C(=O)Nc3ccc(N4CCC[C@@H]4C)cc3C(F)(F)F)c(=O)c2c1. The Morgan fingerprint density at radius 3 is 2.09 bits per heavy atom. The molecule has 2 amide bonds. The van der Waals surface area contributed by atoms with E-state index >= 15 is 0 Å². The average molecular weight is 766 g/mol. The number of nitrogens with zero attached hydrogens (tertiary/aromatic N) is 1. The van der Waals surface area contributed by atoms with Crippen molar-refractivity contribution in [2.45, 2.75) is 58.2 Å². The van der Waals surface area contributed by atoms with E-state index in [0.717, 1.165) is 24.5 Å². The van der Waals surface area contributed by atoms with E-state index in [9.17, 15) is 32.3 Å². The molecule has 13 heteroatoms. The molecule has 0 unspecified atom stereocenters. The third kappa shape index (κ3) is 8.46. The van der Waals surface area contributed by atoms with E-state index in [2.05, 4.69) is 41.4 Å². The molecule has 4 aromatic carbocycles. The van der Waals surface area contributed by atoms with Crippen LogP contribution in [0.2, 0.25) is 0 Å². The molecule has 0 saturated carbocycles. The summed E-state index contributed by atoms with van der Waals surface area (Å²) in [4.78, 5) is 58.3. The van der Waals surface area contributed by atoms with Gasteiger partial charge in [-0.25, -0.2) is 0 Å². The van der Waals surface area contributed by atoms with Gasteiger partial charge in [-0.1, -0.05) is 45.0 Å². The zero-order valence-electron chi connectivity index (χ0n) is 31.6. The Bertz CT molecular complexity index is 2560. The van der Waals surface area contributed by atoms with Gasteiger partial charge in [0.1, 0.15) is 16.9 Å². The molecule has 0 aliphatic carbocycles. The van der Waals surface area contributed by atoms with Gasteiger partial charge in [0.15, 0.2) is 0 Å². The molecule has 0 radical (unpaired) electrons. The molecule has 4 N–H and O–H groups in total. The number of halogens is 3. The molecule has 290 valence electrons. The van der Waals surface area contributed by atoms with Crippen LogP contribution < -0.4 is 31.1 Å². The van der Waals surface area contributed by atoms with Crippen molar-refractivity contribution >= 4 is 50.7 Å². The lowest BCUT2D eigenvalue weighted by molar-refractivity contribution is -0.136. The Balaban J connectivity index is 0.000000198. The van der Waals surface area contributed by atoms with E-state index in [1.807, 2.05) is 48.2 Å². The zero-order valence-corrected chi connectivity index (χ0v) is 31.6. The Kier molecular flexibility index (Phi) is 11.1. The van der Waals surface area contributed by atoms with Crippen LogP contribution in [0.25, 0.3) is 21.8 Å². The minimum absolute atomic E-state index is 0.0127. The maximum atomic E-state index is 13.8. The van der Waals surface area contributed by atoms with Crippen molar-refractivity contribution in [3.8, 4) is 5.75 Å². The van der Waals surface area contributed by atoms with Crippen LogP contribution in [0.3, 0.4) is 0 Å². The first-order valence-electron chi connectivity index (χ1n) is 18.1. The highest BCUT2D eigenvalue weighted by molar-refractivity contribution is 6.07. The second-order valence-electron chi connectivity index (χ2n) is 14.7.